The summed E-state index contributed by atoms with van der Waals surface area (Å²) < 4.78 is 0. The van der Waals surface area contributed by atoms with Crippen LogP contribution < -0.4 is 0 Å². The molecule has 1 nitrogen and oxygen atoms in total. The van der Waals surface area contributed by atoms with Crippen molar-refractivity contribution in [2.75, 3.05) is 5.33 Å². The van der Waals surface area contributed by atoms with Crippen LogP contribution in [0.1, 0.15) is 17.1 Å². The Hall–Kier alpha value is 0.110. The van der Waals surface area contributed by atoms with E-state index >= 15 is 0 Å². The first-order valence-corrected chi connectivity index (χ1v) is 5.30. The molecule has 1 aromatic rings. The van der Waals surface area contributed by atoms with Crippen LogP contribution in [0, 0.1) is 6.92 Å². The van der Waals surface area contributed by atoms with E-state index in [-0.39, 0.29) is 0 Å². The zero-order chi connectivity index (χ0) is 7.40. The molecule has 1 heterocycles. The SMILES string of the molecule is Cc1csc(CCCBr)n1. The van der Waals surface area contributed by atoms with Crippen LogP contribution in [-0.2, 0) is 6.42 Å². The number of nitrogens with zero attached hydrogens (tertiary/aromatic N) is 1. The Morgan fingerprint density at radius 2 is 2.50 bits per heavy atom. The second kappa shape index (κ2) is 4.09. The molecule has 0 aromatic carbocycles. The topological polar surface area (TPSA) is 12.9 Å². The molecule has 0 saturated heterocycles. The van der Waals surface area contributed by atoms with Gasteiger partial charge in [-0.2, -0.15) is 0 Å². The second-order valence-corrected chi connectivity index (χ2v) is 3.91. The lowest BCUT2D eigenvalue weighted by atomic mass is 10.3. The Bertz CT molecular complexity index is 197. The largest absolute Gasteiger partial charge is 0.247 e. The highest BCUT2D eigenvalue weighted by Gasteiger charge is 1.96. The first-order valence-electron chi connectivity index (χ1n) is 3.30. The molecule has 0 saturated carbocycles. The van der Waals surface area contributed by atoms with Crippen LogP contribution in [0.3, 0.4) is 0 Å². The third-order valence-corrected chi connectivity index (χ3v) is 2.78. The Morgan fingerprint density at radius 1 is 1.70 bits per heavy atom. The summed E-state index contributed by atoms with van der Waals surface area (Å²) in [6.45, 7) is 2.04. The molecule has 56 valence electrons. The zero-order valence-corrected chi connectivity index (χ0v) is 8.33. The Balaban J connectivity index is 2.42. The summed E-state index contributed by atoms with van der Waals surface area (Å²) in [6, 6.07) is 0. The number of hydrogen-bond donors (Lipinski definition) is 0. The van der Waals surface area contributed by atoms with Crippen molar-refractivity contribution in [3.05, 3.63) is 16.1 Å². The normalized spacial score (nSPS) is 10.2. The van der Waals surface area contributed by atoms with Gasteiger partial charge in [-0.15, -0.1) is 11.3 Å². The lowest BCUT2D eigenvalue weighted by Crippen LogP contribution is -1.84. The summed E-state index contributed by atoms with van der Waals surface area (Å²) in [6.07, 6.45) is 2.30. The molecule has 0 aliphatic carbocycles. The number of aryl methyl sites for hydroxylation is 2. The average molecular weight is 220 g/mol. The molecule has 0 atom stereocenters. The van der Waals surface area contributed by atoms with Gasteiger partial charge in [0, 0.05) is 22.8 Å². The second-order valence-electron chi connectivity index (χ2n) is 2.18. The summed E-state index contributed by atoms with van der Waals surface area (Å²) in [5, 5.41) is 4.44. The van der Waals surface area contributed by atoms with Gasteiger partial charge in [0.15, 0.2) is 0 Å². The zero-order valence-electron chi connectivity index (χ0n) is 5.93. The van der Waals surface area contributed by atoms with Crippen molar-refractivity contribution < 1.29 is 0 Å². The molecule has 10 heavy (non-hydrogen) atoms. The fourth-order valence-corrected chi connectivity index (χ4v) is 1.83. The third kappa shape index (κ3) is 2.39. The van der Waals surface area contributed by atoms with E-state index in [0.717, 1.165) is 17.4 Å². The lowest BCUT2D eigenvalue weighted by molar-refractivity contribution is 0.918. The molecule has 0 unspecified atom stereocenters. The van der Waals surface area contributed by atoms with Crippen molar-refractivity contribution in [2.45, 2.75) is 19.8 Å². The van der Waals surface area contributed by atoms with Gasteiger partial charge < -0.3 is 0 Å². The van der Waals surface area contributed by atoms with E-state index in [2.05, 4.69) is 26.3 Å². The van der Waals surface area contributed by atoms with Crippen LogP contribution in [-0.4, -0.2) is 10.3 Å². The van der Waals surface area contributed by atoms with Crippen molar-refractivity contribution in [3.8, 4) is 0 Å². The Labute approximate surface area is 73.6 Å². The van der Waals surface area contributed by atoms with E-state index < -0.39 is 0 Å². The van der Waals surface area contributed by atoms with Crippen molar-refractivity contribution in [3.63, 3.8) is 0 Å². The molecule has 0 bridgehead atoms. The monoisotopic (exact) mass is 219 g/mol. The van der Waals surface area contributed by atoms with Crippen molar-refractivity contribution >= 4 is 27.3 Å². The maximum absolute atomic E-state index is 4.35. The van der Waals surface area contributed by atoms with Gasteiger partial charge >= 0.3 is 0 Å². The molecular formula is C7H10BrNS. The molecule has 0 aliphatic rings. The number of thiazole rings is 1. The first kappa shape index (κ1) is 8.21. The van der Waals surface area contributed by atoms with Gasteiger partial charge in [0.2, 0.25) is 0 Å². The smallest absolute Gasteiger partial charge is 0.0928 e. The van der Waals surface area contributed by atoms with Gasteiger partial charge in [0.25, 0.3) is 0 Å². The summed E-state index contributed by atoms with van der Waals surface area (Å²) >= 11 is 5.15. The van der Waals surface area contributed by atoms with Crippen molar-refractivity contribution in [2.24, 2.45) is 0 Å². The number of halogens is 1. The summed E-state index contributed by atoms with van der Waals surface area (Å²) in [4.78, 5) is 4.35. The molecule has 0 radical (unpaired) electrons. The minimum atomic E-state index is 1.08. The fourth-order valence-electron chi connectivity index (χ4n) is 0.736. The quantitative estimate of drug-likeness (QED) is 0.713. The van der Waals surface area contributed by atoms with Crippen LogP contribution in [0.15, 0.2) is 5.38 Å². The molecule has 1 rings (SSSR count). The minimum absolute atomic E-state index is 1.08. The highest BCUT2D eigenvalue weighted by Crippen LogP contribution is 2.10. The molecule has 0 fully saturated rings. The van der Waals surface area contributed by atoms with E-state index in [1.165, 1.54) is 11.4 Å². The van der Waals surface area contributed by atoms with Gasteiger partial charge in [0.05, 0.1) is 5.01 Å². The van der Waals surface area contributed by atoms with E-state index in [4.69, 9.17) is 0 Å². The Morgan fingerprint density at radius 3 is 3.00 bits per heavy atom. The first-order chi connectivity index (χ1) is 4.83. The maximum atomic E-state index is 4.35. The van der Waals surface area contributed by atoms with Gasteiger partial charge in [-0.05, 0) is 13.3 Å². The molecule has 3 heteroatoms. The molecule has 0 aliphatic heterocycles. The number of aromatic nitrogens is 1. The maximum Gasteiger partial charge on any atom is 0.0928 e. The number of alkyl halides is 1. The van der Waals surface area contributed by atoms with Gasteiger partial charge in [-0.1, -0.05) is 15.9 Å². The summed E-state index contributed by atoms with van der Waals surface area (Å²) in [7, 11) is 0. The standard InChI is InChI=1S/C7H10BrNS/c1-6-5-10-7(9-6)3-2-4-8/h5H,2-4H2,1H3. The fraction of sp³-hybridized carbons (Fsp3) is 0.571. The molecule has 0 spiro atoms. The van der Waals surface area contributed by atoms with Crippen LogP contribution in [0.2, 0.25) is 0 Å². The summed E-state index contributed by atoms with van der Waals surface area (Å²) in [5.41, 5.74) is 1.15. The van der Waals surface area contributed by atoms with E-state index in [9.17, 15) is 0 Å². The molecule has 0 N–H and O–H groups in total. The number of rotatable bonds is 3. The average Bonchev–Trinajstić information content (AvgIpc) is 2.31. The van der Waals surface area contributed by atoms with E-state index in [1.807, 2.05) is 6.92 Å². The predicted molar refractivity (Wildman–Crippen MR) is 49.0 cm³/mol. The van der Waals surface area contributed by atoms with Gasteiger partial charge in [-0.3, -0.25) is 0 Å². The van der Waals surface area contributed by atoms with Gasteiger partial charge in [-0.25, -0.2) is 4.98 Å². The lowest BCUT2D eigenvalue weighted by Gasteiger charge is -1.89. The highest BCUT2D eigenvalue weighted by atomic mass is 79.9. The third-order valence-electron chi connectivity index (χ3n) is 1.19. The highest BCUT2D eigenvalue weighted by molar-refractivity contribution is 9.09. The van der Waals surface area contributed by atoms with Crippen LogP contribution in [0.5, 0.6) is 0 Å². The molecular weight excluding hydrogens is 210 g/mol. The minimum Gasteiger partial charge on any atom is -0.247 e. The van der Waals surface area contributed by atoms with Crippen LogP contribution in [0.25, 0.3) is 0 Å². The summed E-state index contributed by atoms with van der Waals surface area (Å²) in [5.74, 6) is 0. The van der Waals surface area contributed by atoms with Crippen LogP contribution >= 0.6 is 27.3 Å². The van der Waals surface area contributed by atoms with E-state index in [1.54, 1.807) is 11.3 Å². The molecule has 1 aromatic heterocycles. The Kier molecular flexibility index (Phi) is 3.35. The van der Waals surface area contributed by atoms with Crippen LogP contribution in [0.4, 0.5) is 0 Å². The number of hydrogen-bond acceptors (Lipinski definition) is 2. The van der Waals surface area contributed by atoms with E-state index in [0.29, 0.717) is 0 Å². The predicted octanol–water partition coefficient (Wildman–Crippen LogP) is 2.78. The van der Waals surface area contributed by atoms with Crippen molar-refractivity contribution in [1.82, 2.24) is 4.98 Å². The molecule has 0 amide bonds. The van der Waals surface area contributed by atoms with Crippen molar-refractivity contribution in [1.29, 1.82) is 0 Å². The van der Waals surface area contributed by atoms with Gasteiger partial charge in [0.1, 0.15) is 0 Å².